The van der Waals surface area contributed by atoms with Crippen LogP contribution in [-0.2, 0) is 6.54 Å². The Labute approximate surface area is 119 Å². The molecular formula is C14H22N2O4. The molecule has 0 spiro atoms. The highest BCUT2D eigenvalue weighted by molar-refractivity contribution is 5.48. The van der Waals surface area contributed by atoms with Crippen LogP contribution in [0.1, 0.15) is 26.3 Å². The SMILES string of the molecule is CCN(Cc1ccc(OC)c([N+](=O)[O-])c1)CC(C)(C)O. The number of nitrogens with zero attached hydrogens (tertiary/aromatic N) is 2. The number of hydrogen-bond donors (Lipinski definition) is 1. The maximum Gasteiger partial charge on any atom is 0.311 e. The Morgan fingerprint density at radius 3 is 2.55 bits per heavy atom. The summed E-state index contributed by atoms with van der Waals surface area (Å²) in [6, 6.07) is 4.93. The van der Waals surface area contributed by atoms with E-state index in [1.807, 2.05) is 11.8 Å². The van der Waals surface area contributed by atoms with Gasteiger partial charge in [-0.15, -0.1) is 0 Å². The maximum absolute atomic E-state index is 11.0. The summed E-state index contributed by atoms with van der Waals surface area (Å²) in [5.74, 6) is 0.254. The van der Waals surface area contributed by atoms with Gasteiger partial charge in [0, 0.05) is 19.2 Å². The Hall–Kier alpha value is -1.66. The molecule has 0 saturated carbocycles. The fourth-order valence-corrected chi connectivity index (χ4v) is 2.06. The lowest BCUT2D eigenvalue weighted by Gasteiger charge is -2.27. The van der Waals surface area contributed by atoms with Crippen LogP contribution in [0.15, 0.2) is 18.2 Å². The molecule has 0 aliphatic carbocycles. The predicted octanol–water partition coefficient (Wildman–Crippen LogP) is 2.20. The van der Waals surface area contributed by atoms with E-state index < -0.39 is 10.5 Å². The molecule has 1 aromatic carbocycles. The summed E-state index contributed by atoms with van der Waals surface area (Å²) in [5.41, 5.74) is -0.0121. The van der Waals surface area contributed by atoms with Gasteiger partial charge >= 0.3 is 5.69 Å². The van der Waals surface area contributed by atoms with Gasteiger partial charge in [0.1, 0.15) is 0 Å². The summed E-state index contributed by atoms with van der Waals surface area (Å²) < 4.78 is 4.98. The molecule has 0 aliphatic heterocycles. The number of ether oxygens (including phenoxy) is 1. The van der Waals surface area contributed by atoms with Gasteiger partial charge in [0.2, 0.25) is 0 Å². The molecule has 0 aliphatic rings. The molecule has 20 heavy (non-hydrogen) atoms. The van der Waals surface area contributed by atoms with Crippen LogP contribution in [-0.4, -0.2) is 40.7 Å². The summed E-state index contributed by atoms with van der Waals surface area (Å²) in [4.78, 5) is 12.6. The second kappa shape index (κ2) is 6.67. The normalized spacial score (nSPS) is 11.7. The molecule has 112 valence electrons. The van der Waals surface area contributed by atoms with Crippen molar-refractivity contribution < 1.29 is 14.8 Å². The van der Waals surface area contributed by atoms with Gasteiger partial charge in [0.15, 0.2) is 5.75 Å². The number of rotatable bonds is 7. The molecule has 0 saturated heterocycles. The van der Waals surface area contributed by atoms with Crippen molar-refractivity contribution in [2.75, 3.05) is 20.2 Å². The quantitative estimate of drug-likeness (QED) is 0.613. The molecule has 0 atom stereocenters. The predicted molar refractivity (Wildman–Crippen MR) is 76.9 cm³/mol. The molecule has 1 rings (SSSR count). The van der Waals surface area contributed by atoms with Crippen molar-refractivity contribution in [3.05, 3.63) is 33.9 Å². The van der Waals surface area contributed by atoms with Gasteiger partial charge < -0.3 is 9.84 Å². The lowest BCUT2D eigenvalue weighted by molar-refractivity contribution is -0.385. The van der Waals surface area contributed by atoms with Crippen molar-refractivity contribution in [3.8, 4) is 5.75 Å². The highest BCUT2D eigenvalue weighted by Gasteiger charge is 2.19. The monoisotopic (exact) mass is 282 g/mol. The first-order chi connectivity index (χ1) is 9.26. The lowest BCUT2D eigenvalue weighted by Crippen LogP contribution is -2.38. The molecule has 0 unspecified atom stereocenters. The second-order valence-electron chi connectivity index (χ2n) is 5.38. The number of nitro benzene ring substituents is 1. The number of methoxy groups -OCH3 is 1. The third-order valence-electron chi connectivity index (χ3n) is 2.90. The van der Waals surface area contributed by atoms with E-state index in [0.29, 0.717) is 13.1 Å². The van der Waals surface area contributed by atoms with Gasteiger partial charge in [-0.3, -0.25) is 15.0 Å². The number of hydrogen-bond acceptors (Lipinski definition) is 5. The topological polar surface area (TPSA) is 75.8 Å². The zero-order chi connectivity index (χ0) is 15.3. The van der Waals surface area contributed by atoms with Gasteiger partial charge in [-0.05, 0) is 32.0 Å². The molecule has 0 radical (unpaired) electrons. The van der Waals surface area contributed by atoms with Crippen LogP contribution in [0.2, 0.25) is 0 Å². The third-order valence-corrected chi connectivity index (χ3v) is 2.90. The molecule has 6 nitrogen and oxygen atoms in total. The average Bonchev–Trinajstić information content (AvgIpc) is 2.36. The Morgan fingerprint density at radius 1 is 1.45 bits per heavy atom. The van der Waals surface area contributed by atoms with Gasteiger partial charge in [-0.2, -0.15) is 0 Å². The molecule has 0 fully saturated rings. The molecule has 1 aromatic rings. The van der Waals surface area contributed by atoms with Crippen molar-refractivity contribution in [1.82, 2.24) is 4.90 Å². The number of likely N-dealkylation sites (N-methyl/N-ethyl adjacent to an activating group) is 1. The second-order valence-corrected chi connectivity index (χ2v) is 5.38. The highest BCUT2D eigenvalue weighted by atomic mass is 16.6. The summed E-state index contributed by atoms with van der Waals surface area (Å²) in [6.07, 6.45) is 0. The number of benzene rings is 1. The Kier molecular flexibility index (Phi) is 5.47. The maximum atomic E-state index is 11.0. The van der Waals surface area contributed by atoms with E-state index in [0.717, 1.165) is 12.1 Å². The van der Waals surface area contributed by atoms with Gasteiger partial charge in [0.25, 0.3) is 0 Å². The van der Waals surface area contributed by atoms with E-state index >= 15 is 0 Å². The molecule has 6 heteroatoms. The van der Waals surface area contributed by atoms with Crippen molar-refractivity contribution in [2.45, 2.75) is 32.9 Å². The smallest absolute Gasteiger partial charge is 0.311 e. The van der Waals surface area contributed by atoms with E-state index in [1.165, 1.54) is 13.2 Å². The Balaban J connectivity index is 2.91. The van der Waals surface area contributed by atoms with E-state index in [4.69, 9.17) is 4.74 Å². The van der Waals surface area contributed by atoms with E-state index in [-0.39, 0.29) is 11.4 Å². The Morgan fingerprint density at radius 2 is 2.10 bits per heavy atom. The van der Waals surface area contributed by atoms with Gasteiger partial charge in [-0.25, -0.2) is 0 Å². The third kappa shape index (κ3) is 4.79. The summed E-state index contributed by atoms with van der Waals surface area (Å²) in [7, 11) is 1.41. The van der Waals surface area contributed by atoms with Crippen molar-refractivity contribution >= 4 is 5.69 Å². The summed E-state index contributed by atoms with van der Waals surface area (Å²) in [5, 5.41) is 20.8. The lowest BCUT2D eigenvalue weighted by atomic mass is 10.1. The van der Waals surface area contributed by atoms with E-state index in [1.54, 1.807) is 26.0 Å². The zero-order valence-electron chi connectivity index (χ0n) is 12.4. The first kappa shape index (κ1) is 16.4. The fourth-order valence-electron chi connectivity index (χ4n) is 2.06. The summed E-state index contributed by atoms with van der Waals surface area (Å²) in [6.45, 7) is 7.28. The van der Waals surface area contributed by atoms with E-state index in [9.17, 15) is 15.2 Å². The minimum atomic E-state index is -0.797. The largest absolute Gasteiger partial charge is 0.490 e. The van der Waals surface area contributed by atoms with Crippen LogP contribution in [0.25, 0.3) is 0 Å². The molecule has 0 aromatic heterocycles. The fraction of sp³-hybridized carbons (Fsp3) is 0.571. The van der Waals surface area contributed by atoms with Crippen LogP contribution >= 0.6 is 0 Å². The highest BCUT2D eigenvalue weighted by Crippen LogP contribution is 2.28. The first-order valence-corrected chi connectivity index (χ1v) is 6.53. The molecular weight excluding hydrogens is 260 g/mol. The molecule has 1 N–H and O–H groups in total. The van der Waals surface area contributed by atoms with Crippen molar-refractivity contribution in [3.63, 3.8) is 0 Å². The Bertz CT molecular complexity index is 469. The van der Waals surface area contributed by atoms with Crippen LogP contribution in [0.3, 0.4) is 0 Å². The van der Waals surface area contributed by atoms with Crippen LogP contribution in [0, 0.1) is 10.1 Å². The number of nitro groups is 1. The number of aliphatic hydroxyl groups is 1. The zero-order valence-corrected chi connectivity index (χ0v) is 12.4. The van der Waals surface area contributed by atoms with Crippen LogP contribution in [0.5, 0.6) is 5.75 Å². The average molecular weight is 282 g/mol. The van der Waals surface area contributed by atoms with Crippen LogP contribution < -0.4 is 4.74 Å². The molecule has 0 heterocycles. The van der Waals surface area contributed by atoms with Crippen LogP contribution in [0.4, 0.5) is 5.69 Å². The first-order valence-electron chi connectivity index (χ1n) is 6.53. The van der Waals surface area contributed by atoms with Crippen molar-refractivity contribution in [1.29, 1.82) is 0 Å². The molecule has 0 amide bonds. The van der Waals surface area contributed by atoms with Crippen molar-refractivity contribution in [2.24, 2.45) is 0 Å². The van der Waals surface area contributed by atoms with Gasteiger partial charge in [-0.1, -0.05) is 13.0 Å². The minimum Gasteiger partial charge on any atom is -0.490 e. The van der Waals surface area contributed by atoms with E-state index in [2.05, 4.69) is 0 Å². The summed E-state index contributed by atoms with van der Waals surface area (Å²) >= 11 is 0. The standard InChI is InChI=1S/C14H22N2O4/c1-5-15(10-14(2,3)17)9-11-6-7-13(20-4)12(8-11)16(18)19/h6-8,17H,5,9-10H2,1-4H3. The minimum absolute atomic E-state index is 0.0377. The molecule has 0 bridgehead atoms. The van der Waals surface area contributed by atoms with Gasteiger partial charge in [0.05, 0.1) is 17.6 Å².